The predicted octanol–water partition coefficient (Wildman–Crippen LogP) is 0.237. The van der Waals surface area contributed by atoms with E-state index in [-0.39, 0.29) is 5.82 Å². The highest BCUT2D eigenvalue weighted by molar-refractivity contribution is 14.1. The quantitative estimate of drug-likeness (QED) is 0.246. The average molecular weight is 498 g/mol. The molecule has 1 aliphatic rings. The maximum atomic E-state index is 10.5. The number of benzene rings is 1. The van der Waals surface area contributed by atoms with Crippen molar-refractivity contribution in [2.75, 3.05) is 17.7 Å². The Hall–Kier alpha value is -2.06. The van der Waals surface area contributed by atoms with Crippen LogP contribution >= 0.6 is 22.6 Å². The zero-order valence-electron chi connectivity index (χ0n) is 14.6. The maximum Gasteiger partial charge on any atom is 0.207 e. The van der Waals surface area contributed by atoms with Gasteiger partial charge in [0, 0.05) is 29.1 Å². The predicted molar refractivity (Wildman–Crippen MR) is 109 cm³/mol. The third kappa shape index (κ3) is 3.39. The number of nitrogens with zero attached hydrogens (tertiary/aromatic N) is 4. The standard InChI is InChI=1S/C17H19IN6O4/c18-16-22-13(19)10-14(23-16)24(15-12(27)11(26)9(7-25)28-15)17(21-10)20-6-8-4-2-1-3-5-8/h1-5,9,11-12,15,25-27H,6-7H2,(H,20,21)(H2,19,22,23). The Labute approximate surface area is 173 Å². The van der Waals surface area contributed by atoms with Gasteiger partial charge in [-0.1, -0.05) is 30.3 Å². The first-order valence-corrected chi connectivity index (χ1v) is 9.68. The molecule has 2 aromatic heterocycles. The van der Waals surface area contributed by atoms with E-state index in [2.05, 4.69) is 20.3 Å². The van der Waals surface area contributed by atoms with Gasteiger partial charge in [-0.15, -0.1) is 0 Å². The van der Waals surface area contributed by atoms with Gasteiger partial charge in [0.05, 0.1) is 6.61 Å². The largest absolute Gasteiger partial charge is 0.394 e. The normalized spacial score (nSPS) is 24.7. The average Bonchev–Trinajstić information content (AvgIpc) is 3.18. The minimum atomic E-state index is -1.28. The summed E-state index contributed by atoms with van der Waals surface area (Å²) in [6.45, 7) is 0.0339. The number of nitrogen functional groups attached to an aromatic ring is 1. The molecule has 0 saturated carbocycles. The van der Waals surface area contributed by atoms with Crippen LogP contribution in [0.3, 0.4) is 0 Å². The van der Waals surface area contributed by atoms with Crippen LogP contribution in [-0.2, 0) is 11.3 Å². The number of aromatic nitrogens is 4. The van der Waals surface area contributed by atoms with E-state index in [1.54, 1.807) is 4.57 Å². The van der Waals surface area contributed by atoms with Crippen molar-refractivity contribution in [1.82, 2.24) is 19.5 Å². The number of nitrogens with one attached hydrogen (secondary N) is 1. The lowest BCUT2D eigenvalue weighted by atomic mass is 10.1. The molecule has 1 saturated heterocycles. The number of rotatable bonds is 5. The van der Waals surface area contributed by atoms with Gasteiger partial charge in [-0.25, -0.2) is 15.0 Å². The summed E-state index contributed by atoms with van der Waals surface area (Å²) < 4.78 is 7.64. The van der Waals surface area contributed by atoms with Gasteiger partial charge in [0.2, 0.25) is 5.95 Å². The van der Waals surface area contributed by atoms with Crippen LogP contribution in [0.15, 0.2) is 30.3 Å². The second-order valence-electron chi connectivity index (χ2n) is 6.42. The Balaban J connectivity index is 1.78. The van der Waals surface area contributed by atoms with E-state index >= 15 is 0 Å². The zero-order valence-corrected chi connectivity index (χ0v) is 16.8. The molecule has 4 unspecified atom stereocenters. The van der Waals surface area contributed by atoms with E-state index in [1.807, 2.05) is 52.9 Å². The number of ether oxygens (including phenoxy) is 1. The zero-order chi connectivity index (χ0) is 19.8. The summed E-state index contributed by atoms with van der Waals surface area (Å²) in [4.78, 5) is 13.0. The van der Waals surface area contributed by atoms with E-state index < -0.39 is 31.1 Å². The molecule has 11 heteroatoms. The van der Waals surface area contributed by atoms with Crippen LogP contribution < -0.4 is 11.1 Å². The number of nitrogens with two attached hydrogens (primary N) is 1. The summed E-state index contributed by atoms with van der Waals surface area (Å²) in [5.74, 6) is 0.555. The Morgan fingerprint density at radius 1 is 1.14 bits per heavy atom. The van der Waals surface area contributed by atoms with Crippen molar-refractivity contribution < 1.29 is 20.1 Å². The summed E-state index contributed by atoms with van der Waals surface area (Å²) in [5.41, 5.74) is 7.75. The third-order valence-electron chi connectivity index (χ3n) is 4.60. The van der Waals surface area contributed by atoms with Gasteiger partial charge in [0.25, 0.3) is 0 Å². The second-order valence-corrected chi connectivity index (χ2v) is 7.39. The van der Waals surface area contributed by atoms with Crippen LogP contribution in [-0.4, -0.2) is 59.8 Å². The fraction of sp³-hybridized carbons (Fsp3) is 0.353. The summed E-state index contributed by atoms with van der Waals surface area (Å²) >= 11 is 1.94. The Bertz CT molecular complexity index is 985. The maximum absolute atomic E-state index is 10.5. The van der Waals surface area contributed by atoms with Crippen LogP contribution in [0.5, 0.6) is 0 Å². The summed E-state index contributed by atoms with van der Waals surface area (Å²) in [7, 11) is 0. The number of halogens is 1. The van der Waals surface area contributed by atoms with Gasteiger partial charge in [-0.05, 0) is 5.56 Å². The van der Waals surface area contributed by atoms with Crippen LogP contribution in [0.25, 0.3) is 11.2 Å². The SMILES string of the molecule is Nc1nc(I)nc2c1nc(NCc1ccccc1)n2C1OC(CO)C(O)C1O. The molecule has 3 heterocycles. The fourth-order valence-electron chi connectivity index (χ4n) is 3.20. The Kier molecular flexibility index (Phi) is 5.33. The highest BCUT2D eigenvalue weighted by atomic mass is 127. The molecule has 1 fully saturated rings. The van der Waals surface area contributed by atoms with E-state index in [0.29, 0.717) is 27.5 Å². The minimum absolute atomic E-state index is 0.197. The summed E-state index contributed by atoms with van der Waals surface area (Å²) in [5, 5.41) is 33.3. The van der Waals surface area contributed by atoms with Crippen LogP contribution in [0.1, 0.15) is 11.8 Å². The molecule has 0 radical (unpaired) electrons. The van der Waals surface area contributed by atoms with Gasteiger partial charge in [-0.2, -0.15) is 0 Å². The van der Waals surface area contributed by atoms with Crippen molar-refractivity contribution in [3.63, 3.8) is 0 Å². The molecule has 148 valence electrons. The molecule has 3 aromatic rings. The lowest BCUT2D eigenvalue weighted by Crippen LogP contribution is -2.33. The van der Waals surface area contributed by atoms with E-state index in [9.17, 15) is 15.3 Å². The molecule has 4 atom stereocenters. The van der Waals surface area contributed by atoms with E-state index in [4.69, 9.17) is 10.5 Å². The van der Waals surface area contributed by atoms with Crippen molar-refractivity contribution in [3.8, 4) is 0 Å². The van der Waals surface area contributed by atoms with Crippen molar-refractivity contribution in [2.24, 2.45) is 0 Å². The molecule has 10 nitrogen and oxygen atoms in total. The molecule has 0 bridgehead atoms. The molecule has 0 amide bonds. The molecule has 4 rings (SSSR count). The fourth-order valence-corrected chi connectivity index (χ4v) is 3.69. The van der Waals surface area contributed by atoms with Crippen LogP contribution in [0, 0.1) is 3.83 Å². The van der Waals surface area contributed by atoms with Gasteiger partial charge in [0.1, 0.15) is 18.3 Å². The Morgan fingerprint density at radius 2 is 1.89 bits per heavy atom. The number of fused-ring (bicyclic) bond motifs is 1. The van der Waals surface area contributed by atoms with Crippen molar-refractivity contribution in [3.05, 3.63) is 39.7 Å². The molecule has 1 aromatic carbocycles. The van der Waals surface area contributed by atoms with Crippen molar-refractivity contribution in [2.45, 2.75) is 31.1 Å². The Morgan fingerprint density at radius 3 is 2.57 bits per heavy atom. The lowest BCUT2D eigenvalue weighted by Gasteiger charge is -2.19. The third-order valence-corrected chi connectivity index (χ3v) is 5.09. The lowest BCUT2D eigenvalue weighted by molar-refractivity contribution is -0.0501. The molecule has 0 aliphatic carbocycles. The molecule has 0 spiro atoms. The van der Waals surface area contributed by atoms with Gasteiger partial charge < -0.3 is 31.1 Å². The van der Waals surface area contributed by atoms with Crippen LogP contribution in [0.2, 0.25) is 0 Å². The molecular weight excluding hydrogens is 479 g/mol. The first-order chi connectivity index (χ1) is 13.5. The number of aliphatic hydroxyl groups excluding tert-OH is 3. The highest BCUT2D eigenvalue weighted by Crippen LogP contribution is 2.35. The number of hydrogen-bond donors (Lipinski definition) is 5. The molecule has 6 N–H and O–H groups in total. The second kappa shape index (κ2) is 7.75. The number of aliphatic hydroxyl groups is 3. The number of imidazole rings is 1. The highest BCUT2D eigenvalue weighted by Gasteiger charge is 2.45. The first-order valence-electron chi connectivity index (χ1n) is 8.60. The minimum Gasteiger partial charge on any atom is -0.394 e. The smallest absolute Gasteiger partial charge is 0.207 e. The first kappa shape index (κ1) is 19.3. The topological polar surface area (TPSA) is 152 Å². The monoisotopic (exact) mass is 498 g/mol. The van der Waals surface area contributed by atoms with Crippen molar-refractivity contribution in [1.29, 1.82) is 0 Å². The summed E-state index contributed by atoms with van der Waals surface area (Å²) in [6, 6.07) is 9.71. The van der Waals surface area contributed by atoms with Gasteiger partial charge in [0.15, 0.2) is 27.0 Å². The molecule has 28 heavy (non-hydrogen) atoms. The van der Waals surface area contributed by atoms with Crippen LogP contribution in [0.4, 0.5) is 11.8 Å². The van der Waals surface area contributed by atoms with Gasteiger partial charge in [-0.3, -0.25) is 4.57 Å². The number of anilines is 2. The molecular formula is C17H19IN6O4. The van der Waals surface area contributed by atoms with Crippen molar-refractivity contribution >= 4 is 45.5 Å². The number of hydrogen-bond acceptors (Lipinski definition) is 9. The van der Waals surface area contributed by atoms with E-state index in [0.717, 1.165) is 5.56 Å². The molecule has 1 aliphatic heterocycles. The van der Waals surface area contributed by atoms with Gasteiger partial charge >= 0.3 is 0 Å². The van der Waals surface area contributed by atoms with E-state index in [1.165, 1.54) is 0 Å². The summed E-state index contributed by atoms with van der Waals surface area (Å²) in [6.07, 6.45) is -4.44.